The summed E-state index contributed by atoms with van der Waals surface area (Å²) in [6.07, 6.45) is 2.53. The van der Waals surface area contributed by atoms with E-state index in [1.54, 1.807) is 0 Å². The van der Waals surface area contributed by atoms with Gasteiger partial charge in [-0.3, -0.25) is 0 Å². The number of rotatable bonds is 4. The Hall–Kier alpha value is -1.32. The minimum absolute atomic E-state index is 0.0722. The maximum atomic E-state index is 5.97. The molecule has 0 unspecified atom stereocenters. The van der Waals surface area contributed by atoms with Gasteiger partial charge in [0.1, 0.15) is 17.5 Å². The van der Waals surface area contributed by atoms with Crippen LogP contribution in [0.3, 0.4) is 0 Å². The summed E-state index contributed by atoms with van der Waals surface area (Å²) in [5.74, 6) is 3.02. The molecule has 19 heavy (non-hydrogen) atoms. The van der Waals surface area contributed by atoms with Gasteiger partial charge in [-0.05, 0) is 18.8 Å². The Morgan fingerprint density at radius 2 is 1.95 bits per heavy atom. The van der Waals surface area contributed by atoms with Gasteiger partial charge in [-0.2, -0.15) is 0 Å². The minimum Gasteiger partial charge on any atom is -0.384 e. The first-order valence-corrected chi connectivity index (χ1v) is 7.19. The Bertz CT molecular complexity index is 444. The average Bonchev–Trinajstić information content (AvgIpc) is 3.07. The van der Waals surface area contributed by atoms with Gasteiger partial charge in [0.25, 0.3) is 0 Å². The van der Waals surface area contributed by atoms with E-state index >= 15 is 0 Å². The highest BCUT2D eigenvalue weighted by Gasteiger charge is 2.31. The van der Waals surface area contributed by atoms with E-state index < -0.39 is 0 Å². The molecule has 1 fully saturated rings. The SMILES string of the molecule is CC(C)CN(c1cc(N)nc(C(C)(C)C)n1)C1CC1. The Balaban J connectivity index is 2.34. The molecule has 4 heteroatoms. The van der Waals surface area contributed by atoms with Gasteiger partial charge in [-0.15, -0.1) is 0 Å². The van der Waals surface area contributed by atoms with Gasteiger partial charge in [-0.1, -0.05) is 34.6 Å². The van der Waals surface area contributed by atoms with Crippen molar-refractivity contribution >= 4 is 11.6 Å². The Kier molecular flexibility index (Phi) is 3.70. The van der Waals surface area contributed by atoms with Crippen molar-refractivity contribution in [3.05, 3.63) is 11.9 Å². The van der Waals surface area contributed by atoms with Crippen LogP contribution in [-0.2, 0) is 5.41 Å². The molecule has 0 spiro atoms. The summed E-state index contributed by atoms with van der Waals surface area (Å²) < 4.78 is 0. The van der Waals surface area contributed by atoms with Crippen molar-refractivity contribution in [1.29, 1.82) is 0 Å². The second-order valence-electron chi connectivity index (χ2n) is 7.00. The lowest BCUT2D eigenvalue weighted by Crippen LogP contribution is -2.32. The van der Waals surface area contributed by atoms with Crippen LogP contribution >= 0.6 is 0 Å². The fourth-order valence-electron chi connectivity index (χ4n) is 2.14. The van der Waals surface area contributed by atoms with E-state index in [9.17, 15) is 0 Å². The van der Waals surface area contributed by atoms with Crippen LogP contribution in [0, 0.1) is 5.92 Å². The number of hydrogen-bond donors (Lipinski definition) is 1. The van der Waals surface area contributed by atoms with Crippen molar-refractivity contribution in [1.82, 2.24) is 9.97 Å². The third-order valence-corrected chi connectivity index (χ3v) is 3.25. The average molecular weight is 262 g/mol. The van der Waals surface area contributed by atoms with E-state index in [0.717, 1.165) is 18.2 Å². The zero-order valence-electron chi connectivity index (χ0n) is 12.8. The first kappa shape index (κ1) is 14.1. The van der Waals surface area contributed by atoms with Crippen molar-refractivity contribution in [3.63, 3.8) is 0 Å². The van der Waals surface area contributed by atoms with Gasteiger partial charge in [0.2, 0.25) is 0 Å². The van der Waals surface area contributed by atoms with Crippen LogP contribution in [-0.4, -0.2) is 22.6 Å². The lowest BCUT2D eigenvalue weighted by molar-refractivity contribution is 0.541. The lowest BCUT2D eigenvalue weighted by Gasteiger charge is -2.27. The molecule has 4 nitrogen and oxygen atoms in total. The minimum atomic E-state index is -0.0722. The van der Waals surface area contributed by atoms with Gasteiger partial charge in [0.15, 0.2) is 0 Å². The standard InChI is InChI=1S/C15H26N4/c1-10(2)9-19(11-6-7-11)13-8-12(16)17-14(18-13)15(3,4)5/h8,10-11H,6-7,9H2,1-5H3,(H2,16,17,18). The zero-order chi connectivity index (χ0) is 14.2. The molecule has 1 heterocycles. The molecule has 2 N–H and O–H groups in total. The van der Waals surface area contributed by atoms with Gasteiger partial charge in [0, 0.05) is 24.1 Å². The normalized spacial score (nSPS) is 15.9. The molecule has 1 saturated carbocycles. The van der Waals surface area contributed by atoms with Crippen LogP contribution < -0.4 is 10.6 Å². The lowest BCUT2D eigenvalue weighted by atomic mass is 9.96. The number of nitrogen functional groups attached to an aromatic ring is 1. The molecule has 1 aliphatic carbocycles. The Morgan fingerprint density at radius 1 is 1.32 bits per heavy atom. The monoisotopic (exact) mass is 262 g/mol. The highest BCUT2D eigenvalue weighted by Crippen LogP contribution is 2.33. The predicted octanol–water partition coefficient (Wildman–Crippen LogP) is 2.98. The number of aromatic nitrogens is 2. The third-order valence-electron chi connectivity index (χ3n) is 3.25. The molecule has 1 aromatic rings. The number of hydrogen-bond acceptors (Lipinski definition) is 4. The van der Waals surface area contributed by atoms with Crippen LogP contribution in [0.25, 0.3) is 0 Å². The highest BCUT2D eigenvalue weighted by atomic mass is 15.2. The summed E-state index contributed by atoms with van der Waals surface area (Å²) in [5, 5.41) is 0. The summed E-state index contributed by atoms with van der Waals surface area (Å²) >= 11 is 0. The van der Waals surface area contributed by atoms with Crippen molar-refractivity contribution in [2.75, 3.05) is 17.2 Å². The van der Waals surface area contributed by atoms with Gasteiger partial charge in [0.05, 0.1) is 0 Å². The summed E-state index contributed by atoms with van der Waals surface area (Å²) in [4.78, 5) is 11.5. The van der Waals surface area contributed by atoms with E-state index in [2.05, 4.69) is 44.5 Å². The molecule has 0 saturated heterocycles. The van der Waals surface area contributed by atoms with Crippen LogP contribution in [0.1, 0.15) is 53.3 Å². The number of anilines is 2. The fourth-order valence-corrected chi connectivity index (χ4v) is 2.14. The van der Waals surface area contributed by atoms with Crippen molar-refractivity contribution in [2.24, 2.45) is 5.92 Å². The van der Waals surface area contributed by atoms with E-state index in [-0.39, 0.29) is 5.41 Å². The smallest absolute Gasteiger partial charge is 0.138 e. The highest BCUT2D eigenvalue weighted by molar-refractivity contribution is 5.49. The maximum absolute atomic E-state index is 5.97. The summed E-state index contributed by atoms with van der Waals surface area (Å²) in [5.41, 5.74) is 5.90. The largest absolute Gasteiger partial charge is 0.384 e. The predicted molar refractivity (Wildman–Crippen MR) is 80.4 cm³/mol. The molecule has 1 aromatic heterocycles. The van der Waals surface area contributed by atoms with E-state index in [1.807, 2.05) is 6.07 Å². The van der Waals surface area contributed by atoms with Crippen molar-refractivity contribution in [3.8, 4) is 0 Å². The van der Waals surface area contributed by atoms with Crippen LogP contribution in [0.15, 0.2) is 6.07 Å². The molecular formula is C15H26N4. The molecule has 0 amide bonds. The quantitative estimate of drug-likeness (QED) is 0.906. The molecule has 0 bridgehead atoms. The summed E-state index contributed by atoms with van der Waals surface area (Å²) in [6.45, 7) is 11.9. The fraction of sp³-hybridized carbons (Fsp3) is 0.733. The molecule has 0 aromatic carbocycles. The molecular weight excluding hydrogens is 236 g/mol. The first-order chi connectivity index (χ1) is 8.77. The van der Waals surface area contributed by atoms with Gasteiger partial charge in [-0.25, -0.2) is 9.97 Å². The molecule has 0 atom stereocenters. The molecule has 106 valence electrons. The number of nitrogens with two attached hydrogens (primary N) is 1. The van der Waals surface area contributed by atoms with Gasteiger partial charge >= 0.3 is 0 Å². The Morgan fingerprint density at radius 3 is 2.42 bits per heavy atom. The summed E-state index contributed by atoms with van der Waals surface area (Å²) in [7, 11) is 0. The van der Waals surface area contributed by atoms with Gasteiger partial charge < -0.3 is 10.6 Å². The molecule has 1 aliphatic rings. The van der Waals surface area contributed by atoms with E-state index in [0.29, 0.717) is 17.8 Å². The maximum Gasteiger partial charge on any atom is 0.138 e. The molecule has 0 radical (unpaired) electrons. The van der Waals surface area contributed by atoms with Crippen LogP contribution in [0.2, 0.25) is 0 Å². The zero-order valence-corrected chi connectivity index (χ0v) is 12.8. The van der Waals surface area contributed by atoms with E-state index in [1.165, 1.54) is 12.8 Å². The van der Waals surface area contributed by atoms with Crippen LogP contribution in [0.5, 0.6) is 0 Å². The second kappa shape index (κ2) is 4.99. The van der Waals surface area contributed by atoms with Crippen molar-refractivity contribution < 1.29 is 0 Å². The molecule has 0 aliphatic heterocycles. The van der Waals surface area contributed by atoms with Crippen molar-refractivity contribution in [2.45, 2.75) is 58.9 Å². The summed E-state index contributed by atoms with van der Waals surface area (Å²) in [6, 6.07) is 2.56. The molecule has 2 rings (SSSR count). The van der Waals surface area contributed by atoms with Crippen LogP contribution in [0.4, 0.5) is 11.6 Å². The topological polar surface area (TPSA) is 55.0 Å². The second-order valence-corrected chi connectivity index (χ2v) is 7.00. The number of nitrogens with zero attached hydrogens (tertiary/aromatic N) is 3. The Labute approximate surface area is 116 Å². The first-order valence-electron chi connectivity index (χ1n) is 7.19. The third kappa shape index (κ3) is 3.58. The van der Waals surface area contributed by atoms with E-state index in [4.69, 9.17) is 10.7 Å².